The second-order valence-corrected chi connectivity index (χ2v) is 9.13. The minimum Gasteiger partial charge on any atom is -0.419 e. The van der Waals surface area contributed by atoms with Gasteiger partial charge in [-0.2, -0.15) is 4.98 Å². The molecule has 1 aromatic heterocycles. The maximum atomic E-state index is 13.3. The van der Waals surface area contributed by atoms with E-state index in [4.69, 9.17) is 4.42 Å². The highest BCUT2D eigenvalue weighted by Crippen LogP contribution is 2.33. The largest absolute Gasteiger partial charge is 0.419 e. The SMILES string of the molecule is Cc1ccc(CNc2oc(-c3ccccc3C)nc2S(=O)(=O)c2ccc(F)cc2)cc1. The van der Waals surface area contributed by atoms with E-state index in [0.29, 0.717) is 12.1 Å². The number of oxazole rings is 1. The topological polar surface area (TPSA) is 72.2 Å². The Balaban J connectivity index is 1.77. The van der Waals surface area contributed by atoms with Gasteiger partial charge in [-0.05, 0) is 55.3 Å². The van der Waals surface area contributed by atoms with Crippen LogP contribution in [0.15, 0.2) is 87.1 Å². The van der Waals surface area contributed by atoms with Crippen LogP contribution in [0.5, 0.6) is 0 Å². The molecule has 0 spiro atoms. The second-order valence-electron chi connectivity index (χ2n) is 7.26. The van der Waals surface area contributed by atoms with Crippen LogP contribution in [0, 0.1) is 19.7 Å². The van der Waals surface area contributed by atoms with Crippen molar-refractivity contribution in [1.82, 2.24) is 4.98 Å². The van der Waals surface area contributed by atoms with Gasteiger partial charge in [-0.3, -0.25) is 0 Å². The van der Waals surface area contributed by atoms with E-state index in [-0.39, 0.29) is 21.7 Å². The quantitative estimate of drug-likeness (QED) is 0.402. The zero-order chi connectivity index (χ0) is 22.0. The van der Waals surface area contributed by atoms with Gasteiger partial charge in [0.1, 0.15) is 5.82 Å². The third-order valence-corrected chi connectivity index (χ3v) is 6.60. The van der Waals surface area contributed by atoms with Crippen LogP contribution < -0.4 is 5.32 Å². The van der Waals surface area contributed by atoms with Crippen LogP contribution in [0.4, 0.5) is 10.3 Å². The van der Waals surface area contributed by atoms with E-state index in [1.165, 1.54) is 12.1 Å². The number of aromatic nitrogens is 1. The Hall–Kier alpha value is -3.45. The van der Waals surface area contributed by atoms with Crippen LogP contribution in [0.3, 0.4) is 0 Å². The number of aryl methyl sites for hydroxylation is 2. The second kappa shape index (κ2) is 8.35. The number of hydrogen-bond donors (Lipinski definition) is 1. The highest BCUT2D eigenvalue weighted by Gasteiger charge is 2.29. The van der Waals surface area contributed by atoms with E-state index in [1.54, 1.807) is 0 Å². The summed E-state index contributed by atoms with van der Waals surface area (Å²) in [5.41, 5.74) is 3.69. The maximum absolute atomic E-state index is 13.3. The van der Waals surface area contributed by atoms with Crippen molar-refractivity contribution < 1.29 is 17.2 Å². The molecule has 0 radical (unpaired) electrons. The van der Waals surface area contributed by atoms with Gasteiger partial charge in [0.2, 0.25) is 26.6 Å². The number of anilines is 1. The summed E-state index contributed by atoms with van der Waals surface area (Å²) in [5, 5.41) is 2.83. The van der Waals surface area contributed by atoms with Crippen LogP contribution >= 0.6 is 0 Å². The first kappa shape index (κ1) is 20.8. The van der Waals surface area contributed by atoms with E-state index in [2.05, 4.69) is 10.3 Å². The van der Waals surface area contributed by atoms with Crippen LogP contribution in [-0.2, 0) is 16.4 Å². The summed E-state index contributed by atoms with van der Waals surface area (Å²) in [5.74, 6) is -0.272. The number of nitrogens with one attached hydrogen (secondary N) is 1. The molecule has 4 aromatic rings. The minimum absolute atomic E-state index is 0.0446. The molecule has 5 nitrogen and oxygen atoms in total. The van der Waals surface area contributed by atoms with Crippen molar-refractivity contribution in [3.8, 4) is 11.5 Å². The summed E-state index contributed by atoms with van der Waals surface area (Å²) >= 11 is 0. The molecule has 7 heteroatoms. The Morgan fingerprint density at radius 3 is 2.29 bits per heavy atom. The van der Waals surface area contributed by atoms with E-state index in [1.807, 2.05) is 62.4 Å². The Morgan fingerprint density at radius 2 is 1.61 bits per heavy atom. The van der Waals surface area contributed by atoms with E-state index in [9.17, 15) is 12.8 Å². The van der Waals surface area contributed by atoms with Crippen molar-refractivity contribution in [2.24, 2.45) is 0 Å². The molecule has 0 atom stereocenters. The Kier molecular flexibility index (Phi) is 5.61. The molecule has 1 N–H and O–H groups in total. The standard InChI is InChI=1S/C24H21FN2O3S/c1-16-7-9-18(10-8-16)15-26-23-24(31(28,29)20-13-11-19(25)12-14-20)27-22(30-23)21-6-4-3-5-17(21)2/h3-14,26H,15H2,1-2H3. The molecule has 0 fully saturated rings. The molecule has 0 aliphatic heterocycles. The monoisotopic (exact) mass is 436 g/mol. The van der Waals surface area contributed by atoms with Crippen molar-refractivity contribution in [3.63, 3.8) is 0 Å². The normalized spacial score (nSPS) is 11.5. The predicted octanol–water partition coefficient (Wildman–Crippen LogP) is 5.54. The molecule has 158 valence electrons. The molecule has 0 bridgehead atoms. The summed E-state index contributed by atoms with van der Waals surface area (Å²) in [6.07, 6.45) is 0. The lowest BCUT2D eigenvalue weighted by molar-refractivity contribution is 0.576. The number of hydrogen-bond acceptors (Lipinski definition) is 5. The first-order chi connectivity index (χ1) is 14.8. The van der Waals surface area contributed by atoms with Crippen molar-refractivity contribution >= 4 is 15.7 Å². The fourth-order valence-corrected chi connectivity index (χ4v) is 4.42. The average Bonchev–Trinajstić information content (AvgIpc) is 3.19. The average molecular weight is 437 g/mol. The number of benzene rings is 3. The number of sulfone groups is 1. The van der Waals surface area contributed by atoms with Crippen molar-refractivity contribution in [2.45, 2.75) is 30.3 Å². The Labute approximate surface area is 180 Å². The van der Waals surface area contributed by atoms with Crippen molar-refractivity contribution in [3.05, 3.63) is 95.3 Å². The zero-order valence-electron chi connectivity index (χ0n) is 17.1. The fourth-order valence-electron chi connectivity index (χ4n) is 3.14. The van der Waals surface area contributed by atoms with Gasteiger partial charge < -0.3 is 9.73 Å². The fraction of sp³-hybridized carbons (Fsp3) is 0.125. The highest BCUT2D eigenvalue weighted by molar-refractivity contribution is 7.91. The molecule has 4 rings (SSSR count). The van der Waals surface area contributed by atoms with Gasteiger partial charge in [-0.25, -0.2) is 12.8 Å². The highest BCUT2D eigenvalue weighted by atomic mass is 32.2. The molecule has 3 aromatic carbocycles. The molecule has 0 saturated carbocycles. The molecule has 1 heterocycles. The summed E-state index contributed by atoms with van der Waals surface area (Å²) in [6.45, 7) is 4.25. The molecular weight excluding hydrogens is 415 g/mol. The molecule has 0 saturated heterocycles. The first-order valence-corrected chi connectivity index (χ1v) is 11.2. The van der Waals surface area contributed by atoms with E-state index in [0.717, 1.165) is 28.8 Å². The smallest absolute Gasteiger partial charge is 0.234 e. The lowest BCUT2D eigenvalue weighted by Gasteiger charge is -2.07. The lowest BCUT2D eigenvalue weighted by Crippen LogP contribution is -2.07. The van der Waals surface area contributed by atoms with Gasteiger partial charge in [-0.15, -0.1) is 0 Å². The predicted molar refractivity (Wildman–Crippen MR) is 117 cm³/mol. The number of halogens is 1. The lowest BCUT2D eigenvalue weighted by atomic mass is 10.1. The molecule has 0 amide bonds. The molecule has 0 aliphatic rings. The van der Waals surface area contributed by atoms with Gasteiger partial charge in [0.25, 0.3) is 0 Å². The van der Waals surface area contributed by atoms with Crippen molar-refractivity contribution in [1.29, 1.82) is 0 Å². The molecule has 31 heavy (non-hydrogen) atoms. The van der Waals surface area contributed by atoms with Gasteiger partial charge in [-0.1, -0.05) is 48.0 Å². The van der Waals surface area contributed by atoms with Gasteiger partial charge in [0.15, 0.2) is 0 Å². The number of rotatable bonds is 6. The molecule has 0 unspecified atom stereocenters. The maximum Gasteiger partial charge on any atom is 0.234 e. The van der Waals surface area contributed by atoms with Crippen LogP contribution in [0.1, 0.15) is 16.7 Å². The number of nitrogens with zero attached hydrogens (tertiary/aromatic N) is 1. The van der Waals surface area contributed by atoms with E-state index >= 15 is 0 Å². The zero-order valence-corrected chi connectivity index (χ0v) is 17.9. The summed E-state index contributed by atoms with van der Waals surface area (Å²) in [6, 6.07) is 19.9. The third kappa shape index (κ3) is 4.36. The minimum atomic E-state index is -4.03. The summed E-state index contributed by atoms with van der Waals surface area (Å²) < 4.78 is 45.7. The van der Waals surface area contributed by atoms with Crippen LogP contribution in [0.2, 0.25) is 0 Å². The Morgan fingerprint density at radius 1 is 0.935 bits per heavy atom. The first-order valence-electron chi connectivity index (χ1n) is 9.71. The Bertz CT molecular complexity index is 1310. The van der Waals surface area contributed by atoms with Crippen LogP contribution in [-0.4, -0.2) is 13.4 Å². The summed E-state index contributed by atoms with van der Waals surface area (Å²) in [4.78, 5) is 4.27. The summed E-state index contributed by atoms with van der Waals surface area (Å²) in [7, 11) is -4.03. The van der Waals surface area contributed by atoms with Gasteiger partial charge in [0.05, 0.1) is 4.90 Å². The van der Waals surface area contributed by atoms with E-state index < -0.39 is 15.7 Å². The third-order valence-electron chi connectivity index (χ3n) is 4.92. The van der Waals surface area contributed by atoms with Crippen LogP contribution in [0.25, 0.3) is 11.5 Å². The van der Waals surface area contributed by atoms with Gasteiger partial charge in [0, 0.05) is 12.1 Å². The van der Waals surface area contributed by atoms with Crippen molar-refractivity contribution in [2.75, 3.05) is 5.32 Å². The molecule has 0 aliphatic carbocycles. The van der Waals surface area contributed by atoms with Gasteiger partial charge >= 0.3 is 0 Å². The molecular formula is C24H21FN2O3S.